The van der Waals surface area contributed by atoms with Crippen LogP contribution in [0.4, 0.5) is 0 Å². The Kier molecular flexibility index (Phi) is 3.89. The summed E-state index contributed by atoms with van der Waals surface area (Å²) >= 11 is 0. The van der Waals surface area contributed by atoms with Gasteiger partial charge in [0.1, 0.15) is 0 Å². The van der Waals surface area contributed by atoms with E-state index in [1.54, 1.807) is 6.92 Å². The van der Waals surface area contributed by atoms with Crippen molar-refractivity contribution in [3.8, 4) is 0 Å². The summed E-state index contributed by atoms with van der Waals surface area (Å²) in [5.41, 5.74) is 0. The van der Waals surface area contributed by atoms with Gasteiger partial charge in [-0.05, 0) is 14.0 Å². The van der Waals surface area contributed by atoms with Crippen LogP contribution in [-0.2, 0) is 4.79 Å². The lowest BCUT2D eigenvalue weighted by Crippen LogP contribution is -2.53. The van der Waals surface area contributed by atoms with Gasteiger partial charge in [0.25, 0.3) is 0 Å². The van der Waals surface area contributed by atoms with Crippen molar-refractivity contribution in [2.75, 3.05) is 33.3 Å². The second-order valence-corrected chi connectivity index (χ2v) is 4.20. The Labute approximate surface area is 85.5 Å². The largest absolute Gasteiger partial charge is 0.396 e. The highest BCUT2D eigenvalue weighted by Crippen LogP contribution is 2.10. The predicted molar refractivity (Wildman–Crippen MR) is 54.9 cm³/mol. The van der Waals surface area contributed by atoms with Crippen LogP contribution in [0.3, 0.4) is 0 Å². The van der Waals surface area contributed by atoms with Crippen LogP contribution < -0.4 is 0 Å². The first kappa shape index (κ1) is 11.5. The van der Waals surface area contributed by atoms with Gasteiger partial charge in [-0.1, -0.05) is 6.92 Å². The number of amides is 1. The molecule has 0 bridgehead atoms. The molecule has 4 nitrogen and oxygen atoms in total. The maximum Gasteiger partial charge on any atom is 0.227 e. The Bertz CT molecular complexity index is 208. The Morgan fingerprint density at radius 2 is 2.21 bits per heavy atom. The van der Waals surface area contributed by atoms with Gasteiger partial charge in [0.15, 0.2) is 0 Å². The van der Waals surface area contributed by atoms with E-state index in [9.17, 15) is 4.79 Å². The minimum absolute atomic E-state index is 0.0560. The summed E-state index contributed by atoms with van der Waals surface area (Å²) < 4.78 is 0. The van der Waals surface area contributed by atoms with Crippen LogP contribution >= 0.6 is 0 Å². The first-order chi connectivity index (χ1) is 6.56. The van der Waals surface area contributed by atoms with Gasteiger partial charge in [-0.3, -0.25) is 4.79 Å². The van der Waals surface area contributed by atoms with Crippen LogP contribution in [0, 0.1) is 5.92 Å². The molecular weight excluding hydrogens is 180 g/mol. The molecule has 82 valence electrons. The number of piperazine rings is 1. The Morgan fingerprint density at radius 1 is 1.57 bits per heavy atom. The normalized spacial score (nSPS) is 26.3. The molecule has 4 heteroatoms. The highest BCUT2D eigenvalue weighted by atomic mass is 16.3. The second kappa shape index (κ2) is 4.75. The Morgan fingerprint density at radius 3 is 2.71 bits per heavy atom. The maximum absolute atomic E-state index is 11.7. The monoisotopic (exact) mass is 200 g/mol. The lowest BCUT2D eigenvalue weighted by molar-refractivity contribution is -0.138. The molecule has 1 N–H and O–H groups in total. The van der Waals surface area contributed by atoms with Gasteiger partial charge in [-0.2, -0.15) is 0 Å². The van der Waals surface area contributed by atoms with Crippen LogP contribution in [0.15, 0.2) is 0 Å². The fourth-order valence-corrected chi connectivity index (χ4v) is 1.64. The van der Waals surface area contributed by atoms with Crippen molar-refractivity contribution in [2.24, 2.45) is 5.92 Å². The molecule has 0 aromatic heterocycles. The summed E-state index contributed by atoms with van der Waals surface area (Å²) in [6.07, 6.45) is 0. The van der Waals surface area contributed by atoms with Crippen LogP contribution in [0.2, 0.25) is 0 Å². The zero-order chi connectivity index (χ0) is 10.7. The fraction of sp³-hybridized carbons (Fsp3) is 0.900. The maximum atomic E-state index is 11.7. The van der Waals surface area contributed by atoms with E-state index >= 15 is 0 Å². The SMILES string of the molecule is C[C@@H]1CN(C(=O)[C@@H](C)CO)CCN1C. The van der Waals surface area contributed by atoms with Gasteiger partial charge in [0, 0.05) is 25.7 Å². The van der Waals surface area contributed by atoms with E-state index < -0.39 is 0 Å². The lowest BCUT2D eigenvalue weighted by atomic mass is 10.1. The standard InChI is InChI=1S/C10H20N2O2/c1-8(7-13)10(14)12-5-4-11(3)9(2)6-12/h8-9,13H,4-7H2,1-3H3/t8-,9+/m0/s1. The summed E-state index contributed by atoms with van der Waals surface area (Å²) in [6, 6.07) is 0.415. The average molecular weight is 200 g/mol. The van der Waals surface area contributed by atoms with Crippen molar-refractivity contribution >= 4 is 5.91 Å². The number of hydrogen-bond donors (Lipinski definition) is 1. The summed E-state index contributed by atoms with van der Waals surface area (Å²) in [7, 11) is 2.07. The minimum atomic E-state index is -0.259. The van der Waals surface area contributed by atoms with E-state index in [4.69, 9.17) is 5.11 Å². The molecule has 1 heterocycles. The van der Waals surface area contributed by atoms with Gasteiger partial charge in [0.2, 0.25) is 5.91 Å². The Balaban J connectivity index is 2.50. The molecule has 1 fully saturated rings. The minimum Gasteiger partial charge on any atom is -0.396 e. The molecule has 0 spiro atoms. The molecule has 1 aliphatic heterocycles. The first-order valence-electron chi connectivity index (χ1n) is 5.16. The van der Waals surface area contributed by atoms with Gasteiger partial charge < -0.3 is 14.9 Å². The van der Waals surface area contributed by atoms with Gasteiger partial charge in [-0.25, -0.2) is 0 Å². The molecule has 0 radical (unpaired) electrons. The summed E-state index contributed by atoms with van der Waals surface area (Å²) in [5, 5.41) is 8.90. The molecule has 1 amide bonds. The molecule has 1 aliphatic rings. The fourth-order valence-electron chi connectivity index (χ4n) is 1.64. The number of aliphatic hydroxyl groups excluding tert-OH is 1. The van der Waals surface area contributed by atoms with E-state index in [1.807, 2.05) is 4.90 Å². The summed E-state index contributed by atoms with van der Waals surface area (Å²) in [5.74, 6) is -0.182. The number of hydrogen-bond acceptors (Lipinski definition) is 3. The number of carbonyl (C=O) groups excluding carboxylic acids is 1. The van der Waals surface area contributed by atoms with Crippen molar-refractivity contribution in [3.05, 3.63) is 0 Å². The van der Waals surface area contributed by atoms with Crippen molar-refractivity contribution in [1.29, 1.82) is 0 Å². The van der Waals surface area contributed by atoms with Crippen molar-refractivity contribution in [2.45, 2.75) is 19.9 Å². The van der Waals surface area contributed by atoms with E-state index in [2.05, 4.69) is 18.9 Å². The van der Waals surface area contributed by atoms with Crippen LogP contribution in [0.25, 0.3) is 0 Å². The Hall–Kier alpha value is -0.610. The number of likely N-dealkylation sites (N-methyl/N-ethyl adjacent to an activating group) is 1. The molecule has 14 heavy (non-hydrogen) atoms. The molecule has 0 unspecified atom stereocenters. The van der Waals surface area contributed by atoms with Gasteiger partial charge >= 0.3 is 0 Å². The average Bonchev–Trinajstić information content (AvgIpc) is 2.20. The first-order valence-corrected chi connectivity index (χ1v) is 5.16. The molecule has 0 aliphatic carbocycles. The summed E-state index contributed by atoms with van der Waals surface area (Å²) in [4.78, 5) is 15.8. The third kappa shape index (κ3) is 2.45. The van der Waals surface area contributed by atoms with Crippen LogP contribution in [-0.4, -0.2) is 60.1 Å². The molecular formula is C10H20N2O2. The zero-order valence-electron chi connectivity index (χ0n) is 9.23. The quantitative estimate of drug-likeness (QED) is 0.670. The van der Waals surface area contributed by atoms with E-state index in [0.717, 1.165) is 19.6 Å². The van der Waals surface area contributed by atoms with Crippen molar-refractivity contribution in [1.82, 2.24) is 9.80 Å². The van der Waals surface area contributed by atoms with Crippen LogP contribution in [0.1, 0.15) is 13.8 Å². The predicted octanol–water partition coefficient (Wildman–Crippen LogP) is -0.223. The molecule has 0 aromatic rings. The smallest absolute Gasteiger partial charge is 0.227 e. The van der Waals surface area contributed by atoms with Crippen LogP contribution in [0.5, 0.6) is 0 Å². The second-order valence-electron chi connectivity index (χ2n) is 4.20. The lowest BCUT2D eigenvalue weighted by Gasteiger charge is -2.38. The molecule has 1 rings (SSSR count). The molecule has 0 saturated carbocycles. The third-order valence-corrected chi connectivity index (χ3v) is 2.97. The number of aliphatic hydroxyl groups is 1. The van der Waals surface area contributed by atoms with Gasteiger partial charge in [0.05, 0.1) is 12.5 Å². The topological polar surface area (TPSA) is 43.8 Å². The van der Waals surface area contributed by atoms with E-state index in [0.29, 0.717) is 6.04 Å². The summed E-state index contributed by atoms with van der Waals surface area (Å²) in [6.45, 7) is 6.31. The number of carbonyl (C=O) groups is 1. The van der Waals surface area contributed by atoms with Crippen molar-refractivity contribution < 1.29 is 9.90 Å². The number of rotatable bonds is 2. The zero-order valence-corrected chi connectivity index (χ0v) is 9.23. The number of nitrogens with zero attached hydrogens (tertiary/aromatic N) is 2. The van der Waals surface area contributed by atoms with E-state index in [1.165, 1.54) is 0 Å². The highest BCUT2D eigenvalue weighted by Gasteiger charge is 2.26. The highest BCUT2D eigenvalue weighted by molar-refractivity contribution is 5.78. The van der Waals surface area contributed by atoms with E-state index in [-0.39, 0.29) is 18.4 Å². The van der Waals surface area contributed by atoms with Crippen molar-refractivity contribution in [3.63, 3.8) is 0 Å². The molecule has 2 atom stereocenters. The molecule has 0 aromatic carbocycles. The third-order valence-electron chi connectivity index (χ3n) is 2.97. The molecule has 1 saturated heterocycles. The van der Waals surface area contributed by atoms with Gasteiger partial charge in [-0.15, -0.1) is 0 Å².